The van der Waals surface area contributed by atoms with Crippen LogP contribution in [0.15, 0.2) is 49.2 Å². The van der Waals surface area contributed by atoms with Gasteiger partial charge in [0.2, 0.25) is 0 Å². The Labute approximate surface area is 116 Å². The second-order valence-corrected chi connectivity index (χ2v) is 4.45. The van der Waals surface area contributed by atoms with Crippen molar-refractivity contribution in [2.24, 2.45) is 0 Å². The lowest BCUT2D eigenvalue weighted by Gasteiger charge is -2.15. The number of aliphatic hydroxyl groups is 1. The zero-order valence-electron chi connectivity index (χ0n) is 10.9. The second-order valence-electron chi connectivity index (χ2n) is 4.45. The van der Waals surface area contributed by atoms with Gasteiger partial charge in [-0.25, -0.2) is 8.78 Å². The lowest BCUT2D eigenvalue weighted by Crippen LogP contribution is -2.07. The summed E-state index contributed by atoms with van der Waals surface area (Å²) in [5, 5.41) is 10.3. The van der Waals surface area contributed by atoms with Gasteiger partial charge in [-0.2, -0.15) is 0 Å². The van der Waals surface area contributed by atoms with Crippen molar-refractivity contribution in [2.75, 3.05) is 0 Å². The van der Waals surface area contributed by atoms with E-state index in [0.717, 1.165) is 12.1 Å². The predicted octanol–water partition coefficient (Wildman–Crippen LogP) is 3.56. The molecule has 0 saturated heterocycles. The number of allylic oxidation sites excluding steroid dienone is 1. The van der Waals surface area contributed by atoms with E-state index in [4.69, 9.17) is 0 Å². The zero-order valence-corrected chi connectivity index (χ0v) is 10.9. The lowest BCUT2D eigenvalue weighted by molar-refractivity contribution is 0.213. The van der Waals surface area contributed by atoms with Crippen molar-refractivity contribution in [3.8, 4) is 0 Å². The lowest BCUT2D eigenvalue weighted by atomic mass is 9.96. The first-order valence-corrected chi connectivity index (χ1v) is 6.31. The van der Waals surface area contributed by atoms with Crippen LogP contribution in [-0.2, 0) is 6.42 Å². The molecule has 0 fully saturated rings. The van der Waals surface area contributed by atoms with E-state index in [0.29, 0.717) is 29.7 Å². The van der Waals surface area contributed by atoms with Gasteiger partial charge in [0.05, 0.1) is 5.69 Å². The van der Waals surface area contributed by atoms with Gasteiger partial charge in [-0.3, -0.25) is 4.98 Å². The summed E-state index contributed by atoms with van der Waals surface area (Å²) in [6.45, 7) is 3.61. The molecule has 0 aliphatic carbocycles. The molecule has 1 unspecified atom stereocenters. The summed E-state index contributed by atoms with van der Waals surface area (Å²) in [6, 6.07) is 7.26. The molecule has 104 valence electrons. The minimum absolute atomic E-state index is 0.337. The molecule has 1 heterocycles. The molecule has 1 aromatic carbocycles. The average Bonchev–Trinajstić information content (AvgIpc) is 2.48. The van der Waals surface area contributed by atoms with Crippen LogP contribution in [0.5, 0.6) is 0 Å². The fourth-order valence-corrected chi connectivity index (χ4v) is 2.03. The highest BCUT2D eigenvalue weighted by Crippen LogP contribution is 2.26. The molecule has 0 radical (unpaired) electrons. The highest BCUT2D eigenvalue weighted by atomic mass is 19.2. The summed E-state index contributed by atoms with van der Waals surface area (Å²) < 4.78 is 26.8. The maximum atomic E-state index is 13.4. The number of benzene rings is 1. The van der Waals surface area contributed by atoms with Crippen molar-refractivity contribution >= 4 is 0 Å². The normalized spacial score (nSPS) is 12.2. The number of aromatic nitrogens is 1. The molecule has 0 amide bonds. The Hall–Kier alpha value is -2.07. The number of halogens is 2. The van der Waals surface area contributed by atoms with E-state index in [1.54, 1.807) is 30.5 Å². The van der Waals surface area contributed by atoms with E-state index in [1.807, 2.05) is 0 Å². The van der Waals surface area contributed by atoms with E-state index < -0.39 is 17.7 Å². The Morgan fingerprint density at radius 2 is 2.00 bits per heavy atom. The third-order valence-corrected chi connectivity index (χ3v) is 3.06. The first-order chi connectivity index (χ1) is 9.63. The minimum atomic E-state index is -1.08. The molecule has 0 spiro atoms. The van der Waals surface area contributed by atoms with Crippen molar-refractivity contribution in [3.05, 3.63) is 77.6 Å². The maximum Gasteiger partial charge on any atom is 0.159 e. The van der Waals surface area contributed by atoms with Crippen LogP contribution in [0.25, 0.3) is 0 Å². The molecule has 2 aromatic rings. The largest absolute Gasteiger partial charge is 0.382 e. The molecule has 4 heteroatoms. The SMILES string of the molecule is C=CCCc1cc(F)c(F)cc1C(O)c1ccccn1. The first-order valence-electron chi connectivity index (χ1n) is 6.31. The Balaban J connectivity index is 2.43. The summed E-state index contributed by atoms with van der Waals surface area (Å²) in [4.78, 5) is 4.04. The van der Waals surface area contributed by atoms with Crippen LogP contribution in [0.1, 0.15) is 29.3 Å². The van der Waals surface area contributed by atoms with Crippen LogP contribution in [0.2, 0.25) is 0 Å². The smallest absolute Gasteiger partial charge is 0.159 e. The van der Waals surface area contributed by atoms with Gasteiger partial charge in [0.15, 0.2) is 11.6 Å². The topological polar surface area (TPSA) is 33.1 Å². The predicted molar refractivity (Wildman–Crippen MR) is 73.2 cm³/mol. The van der Waals surface area contributed by atoms with E-state index in [2.05, 4.69) is 11.6 Å². The van der Waals surface area contributed by atoms with Crippen LogP contribution in [0.4, 0.5) is 8.78 Å². The zero-order chi connectivity index (χ0) is 14.5. The molecular formula is C16H15F2NO. The molecule has 1 N–H and O–H groups in total. The van der Waals surface area contributed by atoms with E-state index >= 15 is 0 Å². The van der Waals surface area contributed by atoms with Crippen molar-refractivity contribution in [2.45, 2.75) is 18.9 Å². The Morgan fingerprint density at radius 1 is 1.25 bits per heavy atom. The molecule has 20 heavy (non-hydrogen) atoms. The van der Waals surface area contributed by atoms with Crippen LogP contribution in [0, 0.1) is 11.6 Å². The van der Waals surface area contributed by atoms with Crippen molar-refractivity contribution in [3.63, 3.8) is 0 Å². The number of rotatable bonds is 5. The van der Waals surface area contributed by atoms with E-state index in [9.17, 15) is 13.9 Å². The van der Waals surface area contributed by atoms with Crippen molar-refractivity contribution in [1.29, 1.82) is 0 Å². The quantitative estimate of drug-likeness (QED) is 0.846. The minimum Gasteiger partial charge on any atom is -0.382 e. The number of pyridine rings is 1. The number of nitrogens with zero attached hydrogens (tertiary/aromatic N) is 1. The van der Waals surface area contributed by atoms with Gasteiger partial charge >= 0.3 is 0 Å². The number of aryl methyl sites for hydroxylation is 1. The van der Waals surface area contributed by atoms with Gasteiger partial charge in [0, 0.05) is 6.20 Å². The molecule has 0 bridgehead atoms. The fourth-order valence-electron chi connectivity index (χ4n) is 2.03. The van der Waals surface area contributed by atoms with Crippen LogP contribution < -0.4 is 0 Å². The van der Waals surface area contributed by atoms with Gasteiger partial charge < -0.3 is 5.11 Å². The van der Waals surface area contributed by atoms with Crippen molar-refractivity contribution in [1.82, 2.24) is 4.98 Å². The maximum absolute atomic E-state index is 13.4. The Bertz CT molecular complexity index is 599. The van der Waals surface area contributed by atoms with E-state index in [1.165, 1.54) is 0 Å². The van der Waals surface area contributed by atoms with E-state index in [-0.39, 0.29) is 0 Å². The van der Waals surface area contributed by atoms with Gasteiger partial charge in [-0.15, -0.1) is 6.58 Å². The molecule has 1 atom stereocenters. The van der Waals surface area contributed by atoms with Crippen molar-refractivity contribution < 1.29 is 13.9 Å². The highest BCUT2D eigenvalue weighted by molar-refractivity contribution is 5.35. The van der Waals surface area contributed by atoms with Crippen LogP contribution in [0.3, 0.4) is 0 Å². The van der Waals surface area contributed by atoms with Crippen LogP contribution >= 0.6 is 0 Å². The summed E-state index contributed by atoms with van der Waals surface area (Å²) >= 11 is 0. The third-order valence-electron chi connectivity index (χ3n) is 3.06. The fraction of sp³-hybridized carbons (Fsp3) is 0.188. The van der Waals surface area contributed by atoms with Gasteiger partial charge in [-0.05, 0) is 48.2 Å². The molecule has 0 aliphatic rings. The third kappa shape index (κ3) is 3.08. The Morgan fingerprint density at radius 3 is 2.65 bits per heavy atom. The molecule has 1 aromatic heterocycles. The Kier molecular flexibility index (Phi) is 4.58. The number of hydrogen-bond acceptors (Lipinski definition) is 2. The first kappa shape index (κ1) is 14.3. The number of hydrogen-bond donors (Lipinski definition) is 1. The summed E-state index contributed by atoms with van der Waals surface area (Å²) in [7, 11) is 0. The standard InChI is InChI=1S/C16H15F2NO/c1-2-3-6-11-9-13(17)14(18)10-12(11)16(20)15-7-4-5-8-19-15/h2,4-5,7-10,16,20H,1,3,6H2. The van der Waals surface area contributed by atoms with Gasteiger partial charge in [0.25, 0.3) is 0 Å². The number of aliphatic hydroxyl groups excluding tert-OH is 1. The molecule has 2 nitrogen and oxygen atoms in total. The molecule has 0 aliphatic heterocycles. The molecule has 2 rings (SSSR count). The average molecular weight is 275 g/mol. The molecule has 0 saturated carbocycles. The van der Waals surface area contributed by atoms with Gasteiger partial charge in [-0.1, -0.05) is 12.1 Å². The highest BCUT2D eigenvalue weighted by Gasteiger charge is 2.18. The van der Waals surface area contributed by atoms with Crippen LogP contribution in [-0.4, -0.2) is 10.1 Å². The summed E-state index contributed by atoms with van der Waals surface area (Å²) in [5.41, 5.74) is 1.30. The second kappa shape index (κ2) is 6.39. The summed E-state index contributed by atoms with van der Waals surface area (Å²) in [5.74, 6) is -1.89. The summed E-state index contributed by atoms with van der Waals surface area (Å²) in [6.07, 6.45) is 3.26. The molecular weight excluding hydrogens is 260 g/mol. The van der Waals surface area contributed by atoms with Gasteiger partial charge in [0.1, 0.15) is 6.10 Å². The monoisotopic (exact) mass is 275 g/mol.